The number of aromatic carboxylic acids is 1. The van der Waals surface area contributed by atoms with Crippen LogP contribution in [-0.2, 0) is 0 Å². The molecular formula is C19H17NO5. The average molecular weight is 339 g/mol. The second-order valence-corrected chi connectivity index (χ2v) is 5.93. The van der Waals surface area contributed by atoms with Gasteiger partial charge in [0.05, 0.1) is 26.2 Å². The summed E-state index contributed by atoms with van der Waals surface area (Å²) in [6.45, 7) is 0.998. The molecule has 2 heterocycles. The lowest BCUT2D eigenvalue weighted by Crippen LogP contribution is -2.11. The Balaban J connectivity index is 1.55. The van der Waals surface area contributed by atoms with E-state index in [0.717, 1.165) is 28.0 Å². The number of H-pyrrole nitrogens is 1. The Hall–Kier alpha value is -3.15. The van der Waals surface area contributed by atoms with Crippen LogP contribution >= 0.6 is 0 Å². The van der Waals surface area contributed by atoms with Gasteiger partial charge in [0.1, 0.15) is 22.9 Å². The number of methoxy groups -OCH3 is 1. The summed E-state index contributed by atoms with van der Waals surface area (Å²) >= 11 is 0. The van der Waals surface area contributed by atoms with Crippen LogP contribution in [0.1, 0.15) is 22.0 Å². The van der Waals surface area contributed by atoms with Gasteiger partial charge in [0, 0.05) is 22.5 Å². The van der Waals surface area contributed by atoms with Crippen LogP contribution in [-0.4, -0.2) is 36.4 Å². The molecule has 0 saturated carbocycles. The van der Waals surface area contributed by atoms with E-state index < -0.39 is 5.97 Å². The first-order chi connectivity index (χ1) is 12.2. The summed E-state index contributed by atoms with van der Waals surface area (Å²) in [5.74, 6) is 1.37. The number of fused-ring (bicyclic) bond motifs is 2. The molecule has 25 heavy (non-hydrogen) atoms. The van der Waals surface area contributed by atoms with Crippen LogP contribution in [0.15, 0.2) is 42.5 Å². The predicted molar refractivity (Wildman–Crippen MR) is 92.0 cm³/mol. The van der Waals surface area contributed by atoms with E-state index in [1.54, 1.807) is 13.2 Å². The fourth-order valence-corrected chi connectivity index (χ4v) is 3.08. The van der Waals surface area contributed by atoms with E-state index in [1.165, 1.54) is 0 Å². The lowest BCUT2D eigenvalue weighted by Gasteiger charge is -2.12. The minimum absolute atomic E-state index is 0.119. The van der Waals surface area contributed by atoms with Gasteiger partial charge in [-0.1, -0.05) is 12.1 Å². The third-order valence-electron chi connectivity index (χ3n) is 4.40. The normalized spacial score (nSPS) is 15.6. The van der Waals surface area contributed by atoms with Gasteiger partial charge in [0.25, 0.3) is 0 Å². The molecule has 6 heteroatoms. The number of carboxylic acids is 1. The molecule has 128 valence electrons. The summed E-state index contributed by atoms with van der Waals surface area (Å²) in [5, 5.41) is 9.89. The van der Waals surface area contributed by atoms with Crippen LogP contribution in [0.2, 0.25) is 0 Å². The van der Waals surface area contributed by atoms with Crippen LogP contribution < -0.4 is 14.2 Å². The summed E-state index contributed by atoms with van der Waals surface area (Å²) in [6.07, 6.45) is 0. The molecule has 4 rings (SSSR count). The summed E-state index contributed by atoms with van der Waals surface area (Å²) in [4.78, 5) is 14.0. The molecule has 1 aliphatic heterocycles. The van der Waals surface area contributed by atoms with Crippen molar-refractivity contribution in [3.8, 4) is 17.2 Å². The van der Waals surface area contributed by atoms with Crippen molar-refractivity contribution in [1.82, 2.24) is 4.98 Å². The molecule has 0 amide bonds. The van der Waals surface area contributed by atoms with E-state index in [2.05, 4.69) is 4.98 Å². The van der Waals surface area contributed by atoms with Gasteiger partial charge in [0.2, 0.25) is 0 Å². The van der Waals surface area contributed by atoms with Crippen LogP contribution in [0.3, 0.4) is 0 Å². The Kier molecular flexibility index (Phi) is 3.72. The number of hydrogen-bond acceptors (Lipinski definition) is 4. The Morgan fingerprint density at radius 2 is 2.20 bits per heavy atom. The van der Waals surface area contributed by atoms with Crippen LogP contribution in [0.5, 0.6) is 17.2 Å². The maximum absolute atomic E-state index is 11.1. The lowest BCUT2D eigenvalue weighted by molar-refractivity contribution is 0.0691. The van der Waals surface area contributed by atoms with E-state index in [0.29, 0.717) is 19.0 Å². The minimum atomic E-state index is -0.991. The van der Waals surface area contributed by atoms with Crippen LogP contribution in [0.25, 0.3) is 10.9 Å². The smallest absolute Gasteiger partial charge is 0.352 e. The molecule has 0 aliphatic carbocycles. The first kappa shape index (κ1) is 15.4. The van der Waals surface area contributed by atoms with Crippen LogP contribution in [0.4, 0.5) is 0 Å². The quantitative estimate of drug-likeness (QED) is 0.744. The fourth-order valence-electron chi connectivity index (χ4n) is 3.08. The summed E-state index contributed by atoms with van der Waals surface area (Å²) in [5.41, 5.74) is 1.98. The van der Waals surface area contributed by atoms with E-state index in [-0.39, 0.29) is 11.6 Å². The summed E-state index contributed by atoms with van der Waals surface area (Å²) in [7, 11) is 1.63. The van der Waals surface area contributed by atoms with Gasteiger partial charge in [0.15, 0.2) is 0 Å². The topological polar surface area (TPSA) is 80.8 Å². The van der Waals surface area contributed by atoms with E-state index in [1.807, 2.05) is 36.4 Å². The molecular weight excluding hydrogens is 322 g/mol. The standard InChI is InChI=1S/C19H17NO5/c1-23-12-5-6-13-11(10-25-18(13)7-12)9-24-17-4-2-3-15-14(17)8-16(20-15)19(21)22/h2-8,11,20H,9-10H2,1H3,(H,21,22). The van der Waals surface area contributed by atoms with E-state index in [4.69, 9.17) is 19.3 Å². The maximum Gasteiger partial charge on any atom is 0.352 e. The second-order valence-electron chi connectivity index (χ2n) is 5.93. The van der Waals surface area contributed by atoms with Crippen molar-refractivity contribution < 1.29 is 24.1 Å². The molecule has 2 aromatic carbocycles. The molecule has 3 aromatic rings. The monoisotopic (exact) mass is 339 g/mol. The van der Waals surface area contributed by atoms with Crippen molar-refractivity contribution >= 4 is 16.9 Å². The Morgan fingerprint density at radius 1 is 1.32 bits per heavy atom. The highest BCUT2D eigenvalue weighted by molar-refractivity contribution is 5.96. The summed E-state index contributed by atoms with van der Waals surface area (Å²) < 4.78 is 16.9. The number of carboxylic acid groups (broad SMARTS) is 1. The molecule has 0 fully saturated rings. The van der Waals surface area contributed by atoms with Crippen molar-refractivity contribution in [2.45, 2.75) is 5.92 Å². The first-order valence-corrected chi connectivity index (χ1v) is 7.94. The van der Waals surface area contributed by atoms with E-state index in [9.17, 15) is 4.79 Å². The van der Waals surface area contributed by atoms with Gasteiger partial charge in [-0.2, -0.15) is 0 Å². The zero-order valence-electron chi connectivity index (χ0n) is 13.6. The number of benzene rings is 2. The van der Waals surface area contributed by atoms with E-state index >= 15 is 0 Å². The third-order valence-corrected chi connectivity index (χ3v) is 4.40. The molecule has 0 radical (unpaired) electrons. The zero-order valence-corrected chi connectivity index (χ0v) is 13.6. The Morgan fingerprint density at radius 3 is 3.00 bits per heavy atom. The van der Waals surface area contributed by atoms with Gasteiger partial charge in [-0.3, -0.25) is 0 Å². The molecule has 6 nitrogen and oxygen atoms in total. The van der Waals surface area contributed by atoms with Crippen LogP contribution in [0, 0.1) is 0 Å². The highest BCUT2D eigenvalue weighted by Crippen LogP contribution is 2.37. The van der Waals surface area contributed by atoms with Crippen molar-refractivity contribution in [2.75, 3.05) is 20.3 Å². The van der Waals surface area contributed by atoms with Crippen molar-refractivity contribution in [2.24, 2.45) is 0 Å². The maximum atomic E-state index is 11.1. The van der Waals surface area contributed by atoms with Gasteiger partial charge >= 0.3 is 5.97 Å². The number of carbonyl (C=O) groups is 1. The molecule has 2 N–H and O–H groups in total. The summed E-state index contributed by atoms with van der Waals surface area (Å²) in [6, 6.07) is 12.9. The first-order valence-electron chi connectivity index (χ1n) is 7.94. The molecule has 0 spiro atoms. The minimum Gasteiger partial charge on any atom is -0.497 e. The number of hydrogen-bond donors (Lipinski definition) is 2. The van der Waals surface area contributed by atoms with Gasteiger partial charge in [-0.05, 0) is 24.3 Å². The fraction of sp³-hybridized carbons (Fsp3) is 0.211. The number of aromatic nitrogens is 1. The number of nitrogens with one attached hydrogen (secondary N) is 1. The van der Waals surface area contributed by atoms with Gasteiger partial charge < -0.3 is 24.3 Å². The molecule has 1 aromatic heterocycles. The molecule has 0 bridgehead atoms. The number of ether oxygens (including phenoxy) is 3. The number of aromatic amines is 1. The predicted octanol–water partition coefficient (Wildman–Crippen LogP) is 3.43. The van der Waals surface area contributed by atoms with Crippen molar-refractivity contribution in [3.63, 3.8) is 0 Å². The third kappa shape index (κ3) is 2.76. The largest absolute Gasteiger partial charge is 0.497 e. The van der Waals surface area contributed by atoms with Crippen molar-refractivity contribution in [3.05, 3.63) is 53.7 Å². The molecule has 1 atom stereocenters. The zero-order chi connectivity index (χ0) is 17.4. The highest BCUT2D eigenvalue weighted by atomic mass is 16.5. The Labute approximate surface area is 143 Å². The molecule has 1 aliphatic rings. The molecule has 1 unspecified atom stereocenters. The number of rotatable bonds is 5. The average Bonchev–Trinajstić information content (AvgIpc) is 3.23. The van der Waals surface area contributed by atoms with Crippen molar-refractivity contribution in [1.29, 1.82) is 0 Å². The second kappa shape index (κ2) is 6.05. The highest BCUT2D eigenvalue weighted by Gasteiger charge is 2.25. The van der Waals surface area contributed by atoms with Gasteiger partial charge in [-0.15, -0.1) is 0 Å². The molecule has 0 saturated heterocycles. The van der Waals surface area contributed by atoms with Gasteiger partial charge in [-0.25, -0.2) is 4.79 Å². The lowest BCUT2D eigenvalue weighted by atomic mass is 10.0. The SMILES string of the molecule is COc1ccc2c(c1)OCC2COc1cccc2[nH]c(C(=O)O)cc12. The Bertz CT molecular complexity index is 946.